The average molecular weight is 731 g/mol. The number of allylic oxidation sites excluding steroid dienone is 1. The molecule has 0 aromatic heterocycles. The maximum absolute atomic E-state index is 12.4. The van der Waals surface area contributed by atoms with Crippen LogP contribution in [0.2, 0.25) is 0 Å². The van der Waals surface area contributed by atoms with E-state index in [2.05, 4.69) is 59.7 Å². The number of amides is 2. The van der Waals surface area contributed by atoms with Crippen molar-refractivity contribution in [2.24, 2.45) is 5.10 Å². The minimum absolute atomic E-state index is 0.0159. The molecule has 0 aliphatic carbocycles. The van der Waals surface area contributed by atoms with Crippen LogP contribution >= 0.6 is 38.5 Å². The zero-order valence-corrected chi connectivity index (χ0v) is 26.5. The molecule has 216 valence electrons. The van der Waals surface area contributed by atoms with Gasteiger partial charge in [0.2, 0.25) is 0 Å². The molecule has 2 aromatic carbocycles. The fourth-order valence-corrected chi connectivity index (χ4v) is 5.53. The molecule has 0 saturated heterocycles. The Morgan fingerprint density at radius 3 is 2.67 bits per heavy atom. The number of hydrazone groups is 1. The number of nitrogens with zero attached hydrogens (tertiary/aromatic N) is 1. The monoisotopic (exact) mass is 730 g/mol. The van der Waals surface area contributed by atoms with E-state index >= 15 is 0 Å². The summed E-state index contributed by atoms with van der Waals surface area (Å²) in [6, 6.07) is 7.65. The van der Waals surface area contributed by atoms with Crippen molar-refractivity contribution in [2.75, 3.05) is 20.3 Å². The van der Waals surface area contributed by atoms with Gasteiger partial charge in [-0.1, -0.05) is 22.0 Å². The summed E-state index contributed by atoms with van der Waals surface area (Å²) in [6.07, 6.45) is 0.417. The third-order valence-corrected chi connectivity index (χ3v) is 6.75. The molecule has 0 bridgehead atoms. The second-order valence-electron chi connectivity index (χ2n) is 8.89. The van der Waals surface area contributed by atoms with Gasteiger partial charge in [-0.3, -0.25) is 5.43 Å². The molecule has 0 unspecified atom stereocenters. The van der Waals surface area contributed by atoms with Crippen molar-refractivity contribution in [2.45, 2.75) is 46.1 Å². The second kappa shape index (κ2) is 14.6. The summed E-state index contributed by atoms with van der Waals surface area (Å²) < 4.78 is 24.2. The number of hydrogen-bond acceptors (Lipinski definition) is 9. The highest BCUT2D eigenvalue weighted by Crippen LogP contribution is 2.35. The van der Waals surface area contributed by atoms with Gasteiger partial charge in [-0.2, -0.15) is 5.10 Å². The zero-order chi connectivity index (χ0) is 29.4. The standard InChI is InChI=1S/C27H32BrIN4O7/c1-6-38-21-10-16(24-23(26(35)37-5)15(4)31-27(36)32-24)7-8-20(21)39-13-22(34)33-30-12-17-9-18(28)11-19(29)25(17)40-14(2)3/h7-12,14,22,24,33-34H,6,13H2,1-5H3,(H2,31,32,36)/b30-12+/t22-,24-/m1/s1. The van der Waals surface area contributed by atoms with Gasteiger partial charge < -0.3 is 34.7 Å². The number of halogens is 2. The highest BCUT2D eigenvalue weighted by Gasteiger charge is 2.32. The number of nitrogens with one attached hydrogen (secondary N) is 3. The van der Waals surface area contributed by atoms with E-state index in [1.54, 1.807) is 31.3 Å². The largest absolute Gasteiger partial charge is 0.490 e. The Kier molecular flexibility index (Phi) is 11.5. The quantitative estimate of drug-likeness (QED) is 0.0831. The summed E-state index contributed by atoms with van der Waals surface area (Å²) in [5.74, 6) is 0.875. The predicted molar refractivity (Wildman–Crippen MR) is 162 cm³/mol. The van der Waals surface area contributed by atoms with E-state index in [-0.39, 0.29) is 18.3 Å². The number of methoxy groups -OCH3 is 1. The molecule has 1 heterocycles. The van der Waals surface area contributed by atoms with Crippen molar-refractivity contribution >= 4 is 56.7 Å². The molecule has 0 spiro atoms. The highest BCUT2D eigenvalue weighted by molar-refractivity contribution is 14.1. The van der Waals surface area contributed by atoms with E-state index in [0.29, 0.717) is 35.1 Å². The average Bonchev–Trinajstić information content (AvgIpc) is 2.89. The van der Waals surface area contributed by atoms with Crippen molar-refractivity contribution in [3.8, 4) is 17.2 Å². The summed E-state index contributed by atoms with van der Waals surface area (Å²) in [6.45, 7) is 7.54. The van der Waals surface area contributed by atoms with Crippen molar-refractivity contribution in [3.05, 3.63) is 60.8 Å². The molecule has 11 nitrogen and oxygen atoms in total. The van der Waals surface area contributed by atoms with Crippen LogP contribution in [0.15, 0.2) is 51.2 Å². The van der Waals surface area contributed by atoms with Crippen LogP contribution in [-0.2, 0) is 9.53 Å². The lowest BCUT2D eigenvalue weighted by Crippen LogP contribution is -2.45. The normalized spacial score (nSPS) is 15.9. The first-order valence-electron chi connectivity index (χ1n) is 12.4. The molecular formula is C27H32BrIN4O7. The SMILES string of the molecule is CCOc1cc([C@H]2NC(=O)NC(C)=C2C(=O)OC)ccc1OC[C@@H](O)N/N=C/c1cc(Br)cc(I)c1OC(C)C. The van der Waals surface area contributed by atoms with Gasteiger partial charge in [0.1, 0.15) is 12.4 Å². The van der Waals surface area contributed by atoms with E-state index in [0.717, 1.165) is 13.6 Å². The molecule has 1 aliphatic heterocycles. The van der Waals surface area contributed by atoms with Crippen molar-refractivity contribution in [3.63, 3.8) is 0 Å². The summed E-state index contributed by atoms with van der Waals surface area (Å²) in [4.78, 5) is 24.5. The Hall–Kier alpha value is -3.04. The predicted octanol–water partition coefficient (Wildman–Crippen LogP) is 4.36. The first-order chi connectivity index (χ1) is 19.0. The van der Waals surface area contributed by atoms with E-state index in [1.807, 2.05) is 32.9 Å². The Bertz CT molecular complexity index is 1300. The number of aliphatic hydroxyl groups excluding tert-OH is 1. The molecule has 2 aromatic rings. The van der Waals surface area contributed by atoms with Crippen LogP contribution in [0.25, 0.3) is 0 Å². The Balaban J connectivity index is 1.72. The number of esters is 1. The van der Waals surface area contributed by atoms with Crippen molar-refractivity contribution in [1.82, 2.24) is 16.1 Å². The molecule has 1 aliphatic rings. The minimum Gasteiger partial charge on any atom is -0.490 e. The third-order valence-electron chi connectivity index (χ3n) is 5.49. The molecule has 4 N–H and O–H groups in total. The first kappa shape index (κ1) is 31.5. The van der Waals surface area contributed by atoms with E-state index in [9.17, 15) is 14.7 Å². The number of carbonyl (C=O) groups is 2. The van der Waals surface area contributed by atoms with Crippen LogP contribution in [0.4, 0.5) is 4.79 Å². The fraction of sp³-hybridized carbons (Fsp3) is 0.370. The maximum atomic E-state index is 12.4. The lowest BCUT2D eigenvalue weighted by Gasteiger charge is -2.28. The molecule has 0 radical (unpaired) electrons. The third kappa shape index (κ3) is 8.24. The van der Waals surface area contributed by atoms with Crippen molar-refractivity contribution in [1.29, 1.82) is 0 Å². The van der Waals surface area contributed by atoms with Gasteiger partial charge in [-0.15, -0.1) is 0 Å². The van der Waals surface area contributed by atoms with Gasteiger partial charge in [0.05, 0.1) is 41.2 Å². The fourth-order valence-electron chi connectivity index (χ4n) is 3.85. The molecule has 0 fully saturated rings. The van der Waals surface area contributed by atoms with E-state index < -0.39 is 24.3 Å². The van der Waals surface area contributed by atoms with Crippen LogP contribution < -0.4 is 30.3 Å². The Morgan fingerprint density at radius 1 is 1.25 bits per heavy atom. The highest BCUT2D eigenvalue weighted by atomic mass is 127. The van der Waals surface area contributed by atoms with Gasteiger partial charge in [-0.05, 0) is 80.1 Å². The maximum Gasteiger partial charge on any atom is 0.337 e. The molecule has 2 amide bonds. The van der Waals surface area contributed by atoms with Crippen LogP contribution in [0, 0.1) is 3.57 Å². The minimum atomic E-state index is -1.13. The van der Waals surface area contributed by atoms with Crippen molar-refractivity contribution < 1.29 is 33.6 Å². The molecule has 13 heteroatoms. The van der Waals surface area contributed by atoms with Crippen LogP contribution in [-0.4, -0.2) is 56.0 Å². The molecule has 2 atom stereocenters. The lowest BCUT2D eigenvalue weighted by atomic mass is 9.95. The first-order valence-corrected chi connectivity index (χ1v) is 14.3. The van der Waals surface area contributed by atoms with Gasteiger partial charge >= 0.3 is 12.0 Å². The summed E-state index contributed by atoms with van der Waals surface area (Å²) in [5.41, 5.74) is 4.65. The number of urea groups is 1. The number of ether oxygens (including phenoxy) is 4. The summed E-state index contributed by atoms with van der Waals surface area (Å²) in [7, 11) is 1.28. The van der Waals surface area contributed by atoms with Gasteiger partial charge in [-0.25, -0.2) is 9.59 Å². The zero-order valence-electron chi connectivity index (χ0n) is 22.7. The van der Waals surface area contributed by atoms with Crippen LogP contribution in [0.3, 0.4) is 0 Å². The second-order valence-corrected chi connectivity index (χ2v) is 11.0. The molecule has 3 rings (SSSR count). The molecule has 0 saturated carbocycles. The van der Waals surface area contributed by atoms with Gasteiger partial charge in [0.15, 0.2) is 17.7 Å². The van der Waals surface area contributed by atoms with Crippen LogP contribution in [0.1, 0.15) is 44.9 Å². The smallest absolute Gasteiger partial charge is 0.337 e. The topological polar surface area (TPSA) is 140 Å². The Morgan fingerprint density at radius 2 is 2.00 bits per heavy atom. The lowest BCUT2D eigenvalue weighted by molar-refractivity contribution is -0.136. The number of carbonyl (C=O) groups excluding carboxylic acids is 2. The summed E-state index contributed by atoms with van der Waals surface area (Å²) in [5, 5.41) is 19.9. The van der Waals surface area contributed by atoms with Gasteiger partial charge in [0.25, 0.3) is 0 Å². The Labute approximate surface area is 254 Å². The number of hydrogen-bond donors (Lipinski definition) is 4. The van der Waals surface area contributed by atoms with Gasteiger partial charge in [0, 0.05) is 15.7 Å². The number of rotatable bonds is 12. The number of aliphatic hydroxyl groups is 1. The number of benzene rings is 2. The molecule has 40 heavy (non-hydrogen) atoms. The van der Waals surface area contributed by atoms with E-state index in [4.69, 9.17) is 18.9 Å². The summed E-state index contributed by atoms with van der Waals surface area (Å²) >= 11 is 5.68. The van der Waals surface area contributed by atoms with Crippen LogP contribution in [0.5, 0.6) is 17.2 Å². The molecular weight excluding hydrogens is 699 g/mol. The van der Waals surface area contributed by atoms with E-state index in [1.165, 1.54) is 7.11 Å².